The Morgan fingerprint density at radius 3 is 2.63 bits per heavy atom. The van der Waals surface area contributed by atoms with Gasteiger partial charge in [-0.15, -0.1) is 11.3 Å². The zero-order chi connectivity index (χ0) is 19.6. The van der Waals surface area contributed by atoms with Gasteiger partial charge >= 0.3 is 0 Å². The molecule has 142 valence electrons. The number of nitrogens with one attached hydrogen (secondary N) is 1. The second-order valence-electron chi connectivity index (χ2n) is 5.25. The van der Waals surface area contributed by atoms with Crippen molar-refractivity contribution in [3.05, 3.63) is 68.7 Å². The normalized spacial score (nSPS) is 12.6. The monoisotopic (exact) mass is 447 g/mol. The summed E-state index contributed by atoms with van der Waals surface area (Å²) < 4.78 is 46.8. The largest absolute Gasteiger partial charge is 0.470 e. The molecule has 3 aromatic rings. The third-order valence-electron chi connectivity index (χ3n) is 3.41. The lowest BCUT2D eigenvalue weighted by atomic mass is 10.2. The first-order valence-corrected chi connectivity index (χ1v) is 10.5. The average molecular weight is 448 g/mol. The number of halogens is 3. The highest BCUT2D eigenvalue weighted by atomic mass is 35.5. The molecule has 0 amide bonds. The van der Waals surface area contributed by atoms with Crippen molar-refractivity contribution in [3.63, 3.8) is 0 Å². The van der Waals surface area contributed by atoms with Crippen molar-refractivity contribution in [2.24, 2.45) is 5.73 Å². The van der Waals surface area contributed by atoms with E-state index in [9.17, 15) is 12.8 Å². The molecular formula is C16H12Cl2FN3O3S2. The fourth-order valence-corrected chi connectivity index (χ4v) is 4.33. The van der Waals surface area contributed by atoms with Crippen LogP contribution in [-0.4, -0.2) is 13.4 Å². The minimum atomic E-state index is -4.21. The van der Waals surface area contributed by atoms with Crippen LogP contribution in [0.5, 0.6) is 5.75 Å². The third-order valence-corrected chi connectivity index (χ3v) is 6.01. The fourth-order valence-electron chi connectivity index (χ4n) is 2.17. The molecule has 11 heteroatoms. The SMILES string of the molecule is N[C@H](Oc1cc(F)c(S(=O)(=O)Nc2cscn2)cc1Cl)c1ccccc1Cl. The lowest BCUT2D eigenvalue weighted by molar-refractivity contribution is 0.213. The highest BCUT2D eigenvalue weighted by Gasteiger charge is 2.24. The van der Waals surface area contributed by atoms with Crippen LogP contribution in [0.1, 0.15) is 11.8 Å². The van der Waals surface area contributed by atoms with E-state index in [0.717, 1.165) is 12.1 Å². The number of benzene rings is 2. The Labute approximate surface area is 168 Å². The van der Waals surface area contributed by atoms with E-state index in [2.05, 4.69) is 9.71 Å². The Kier molecular flexibility index (Phi) is 5.87. The summed E-state index contributed by atoms with van der Waals surface area (Å²) in [6.45, 7) is 0. The number of rotatable bonds is 6. The Morgan fingerprint density at radius 1 is 1.22 bits per heavy atom. The van der Waals surface area contributed by atoms with Gasteiger partial charge in [0.1, 0.15) is 16.5 Å². The van der Waals surface area contributed by atoms with Crippen LogP contribution < -0.4 is 15.2 Å². The predicted molar refractivity (Wildman–Crippen MR) is 103 cm³/mol. The molecule has 27 heavy (non-hydrogen) atoms. The molecule has 0 radical (unpaired) electrons. The average Bonchev–Trinajstić information content (AvgIpc) is 3.10. The van der Waals surface area contributed by atoms with Gasteiger partial charge < -0.3 is 4.74 Å². The minimum Gasteiger partial charge on any atom is -0.470 e. The molecule has 0 fully saturated rings. The minimum absolute atomic E-state index is 0.0802. The number of hydrogen-bond acceptors (Lipinski definition) is 6. The first-order chi connectivity index (χ1) is 12.8. The Balaban J connectivity index is 1.88. The summed E-state index contributed by atoms with van der Waals surface area (Å²) in [6.07, 6.45) is -1.02. The quantitative estimate of drug-likeness (QED) is 0.545. The highest BCUT2D eigenvalue weighted by molar-refractivity contribution is 7.92. The summed E-state index contributed by atoms with van der Waals surface area (Å²) in [5, 5.41) is 1.71. The van der Waals surface area contributed by atoms with E-state index in [0.29, 0.717) is 10.6 Å². The van der Waals surface area contributed by atoms with Gasteiger partial charge in [0.25, 0.3) is 10.0 Å². The smallest absolute Gasteiger partial charge is 0.266 e. The zero-order valence-corrected chi connectivity index (χ0v) is 16.5. The Bertz CT molecular complexity index is 1060. The molecule has 1 atom stereocenters. The van der Waals surface area contributed by atoms with Gasteiger partial charge in [0, 0.05) is 22.0 Å². The molecule has 0 aliphatic heterocycles. The van der Waals surface area contributed by atoms with Gasteiger partial charge in [-0.1, -0.05) is 41.4 Å². The second kappa shape index (κ2) is 7.99. The Hall–Kier alpha value is -1.91. The van der Waals surface area contributed by atoms with E-state index >= 15 is 0 Å². The molecule has 0 saturated heterocycles. The number of nitrogens with two attached hydrogens (primary N) is 1. The highest BCUT2D eigenvalue weighted by Crippen LogP contribution is 2.33. The van der Waals surface area contributed by atoms with E-state index in [-0.39, 0.29) is 16.6 Å². The molecule has 0 spiro atoms. The van der Waals surface area contributed by atoms with Crippen LogP contribution in [0.4, 0.5) is 10.2 Å². The number of hydrogen-bond donors (Lipinski definition) is 2. The number of nitrogens with zero attached hydrogens (tertiary/aromatic N) is 1. The maximum atomic E-state index is 14.4. The molecule has 1 heterocycles. The molecule has 0 bridgehead atoms. The van der Waals surface area contributed by atoms with Crippen molar-refractivity contribution >= 4 is 50.4 Å². The van der Waals surface area contributed by atoms with Crippen LogP contribution in [0.2, 0.25) is 10.0 Å². The van der Waals surface area contributed by atoms with Gasteiger partial charge in [-0.05, 0) is 12.1 Å². The van der Waals surface area contributed by atoms with Crippen LogP contribution in [0.15, 0.2) is 52.2 Å². The summed E-state index contributed by atoms with van der Waals surface area (Å²) in [5.74, 6) is -1.09. The van der Waals surface area contributed by atoms with E-state index in [1.54, 1.807) is 24.3 Å². The lowest BCUT2D eigenvalue weighted by Crippen LogP contribution is -2.19. The summed E-state index contributed by atoms with van der Waals surface area (Å²) in [6, 6.07) is 8.51. The van der Waals surface area contributed by atoms with E-state index in [1.807, 2.05) is 0 Å². The number of ether oxygens (including phenoxy) is 1. The van der Waals surface area contributed by atoms with E-state index < -0.39 is 27.0 Å². The van der Waals surface area contributed by atoms with Crippen molar-refractivity contribution in [2.45, 2.75) is 11.1 Å². The van der Waals surface area contributed by atoms with E-state index in [1.165, 1.54) is 22.2 Å². The van der Waals surface area contributed by atoms with Crippen molar-refractivity contribution in [3.8, 4) is 5.75 Å². The van der Waals surface area contributed by atoms with Gasteiger partial charge in [0.2, 0.25) is 0 Å². The van der Waals surface area contributed by atoms with Gasteiger partial charge in [0.05, 0.1) is 10.5 Å². The van der Waals surface area contributed by atoms with E-state index in [4.69, 9.17) is 33.7 Å². The maximum absolute atomic E-state index is 14.4. The number of anilines is 1. The second-order valence-corrected chi connectivity index (χ2v) is 8.44. The molecule has 3 rings (SSSR count). The number of aromatic nitrogens is 1. The van der Waals surface area contributed by atoms with Crippen molar-refractivity contribution in [1.29, 1.82) is 0 Å². The first kappa shape index (κ1) is 19.8. The summed E-state index contributed by atoms with van der Waals surface area (Å²) in [5.41, 5.74) is 7.84. The van der Waals surface area contributed by atoms with Gasteiger partial charge in [0.15, 0.2) is 12.0 Å². The molecule has 0 unspecified atom stereocenters. The molecule has 0 aliphatic rings. The van der Waals surface area contributed by atoms with Gasteiger partial charge in [-0.25, -0.2) is 17.8 Å². The van der Waals surface area contributed by atoms with Crippen LogP contribution in [0.3, 0.4) is 0 Å². The standard InChI is InChI=1S/C16H12Cl2FN3O3S2/c17-10-4-2-1-3-9(10)16(20)25-13-6-12(19)14(5-11(13)18)27(23,24)22-15-7-26-8-21-15/h1-8,16,22H,20H2/t16-/m1/s1. The lowest BCUT2D eigenvalue weighted by Gasteiger charge is -2.18. The third kappa shape index (κ3) is 4.50. The topological polar surface area (TPSA) is 94.3 Å². The molecular weight excluding hydrogens is 436 g/mol. The van der Waals surface area contributed by atoms with Crippen molar-refractivity contribution < 1.29 is 17.5 Å². The Morgan fingerprint density at radius 2 is 1.96 bits per heavy atom. The van der Waals surface area contributed by atoms with Crippen LogP contribution in [0, 0.1) is 5.82 Å². The fraction of sp³-hybridized carbons (Fsp3) is 0.0625. The molecule has 0 aliphatic carbocycles. The summed E-state index contributed by atoms with van der Waals surface area (Å²) >= 11 is 13.3. The van der Waals surface area contributed by atoms with Crippen molar-refractivity contribution in [1.82, 2.24) is 4.98 Å². The summed E-state index contributed by atoms with van der Waals surface area (Å²) in [7, 11) is -4.21. The predicted octanol–water partition coefficient (Wildman–Crippen LogP) is 4.43. The zero-order valence-electron chi connectivity index (χ0n) is 13.4. The maximum Gasteiger partial charge on any atom is 0.266 e. The van der Waals surface area contributed by atoms with Gasteiger partial charge in [-0.3, -0.25) is 10.5 Å². The summed E-state index contributed by atoms with van der Waals surface area (Å²) in [4.78, 5) is 3.16. The first-order valence-electron chi connectivity index (χ1n) is 7.34. The van der Waals surface area contributed by atoms with Crippen LogP contribution in [0.25, 0.3) is 0 Å². The van der Waals surface area contributed by atoms with Crippen LogP contribution >= 0.6 is 34.5 Å². The molecule has 0 saturated carbocycles. The van der Waals surface area contributed by atoms with Crippen molar-refractivity contribution in [2.75, 3.05) is 4.72 Å². The molecule has 1 aromatic heterocycles. The molecule has 6 nitrogen and oxygen atoms in total. The van der Waals surface area contributed by atoms with Crippen LogP contribution in [-0.2, 0) is 10.0 Å². The molecule has 3 N–H and O–H groups in total. The van der Waals surface area contributed by atoms with Gasteiger partial charge in [-0.2, -0.15) is 0 Å². The number of sulfonamides is 1. The number of thiazole rings is 1. The molecule has 2 aromatic carbocycles.